The van der Waals surface area contributed by atoms with Crippen LogP contribution < -0.4 is 0 Å². The normalized spacial score (nSPS) is 9.71. The summed E-state index contributed by atoms with van der Waals surface area (Å²) in [7, 11) is 0. The number of aromatic nitrogens is 1. The van der Waals surface area contributed by atoms with E-state index in [1.165, 1.54) is 6.20 Å². The number of pyridine rings is 1. The van der Waals surface area contributed by atoms with Crippen molar-refractivity contribution < 1.29 is 14.3 Å². The Balaban J connectivity index is 0.00000169. The molecule has 0 aromatic carbocycles. The molecular weight excluding hydrogens is 180 g/mol. The van der Waals surface area contributed by atoms with E-state index in [1.807, 2.05) is 0 Å². The Labute approximate surface area is 93.5 Å². The molecule has 0 fully saturated rings. The number of rotatable bonds is 2. The van der Waals surface area contributed by atoms with Crippen molar-refractivity contribution in [3.8, 4) is 0 Å². The van der Waals surface area contributed by atoms with Crippen molar-refractivity contribution in [1.29, 1.82) is 0 Å². The van der Waals surface area contributed by atoms with Crippen LogP contribution in [0.3, 0.4) is 0 Å². The van der Waals surface area contributed by atoms with Gasteiger partial charge >= 0.3 is 24.8 Å². The summed E-state index contributed by atoms with van der Waals surface area (Å²) in [6, 6.07) is 0. The third-order valence-electron chi connectivity index (χ3n) is 1.76. The van der Waals surface area contributed by atoms with E-state index in [1.54, 1.807) is 13.8 Å². The van der Waals surface area contributed by atoms with E-state index >= 15 is 0 Å². The molecule has 0 bridgehead atoms. The number of nitrogens with zero attached hydrogens (tertiary/aromatic N) is 1. The van der Waals surface area contributed by atoms with Crippen LogP contribution in [-0.2, 0) is 0 Å². The van der Waals surface area contributed by atoms with Crippen molar-refractivity contribution in [1.82, 2.24) is 4.98 Å². The Morgan fingerprint density at radius 2 is 2.07 bits per heavy atom. The van der Waals surface area contributed by atoms with Crippen molar-refractivity contribution >= 4 is 24.8 Å². The van der Waals surface area contributed by atoms with Crippen LogP contribution in [0.25, 0.3) is 0 Å². The molecule has 1 aromatic heterocycles. The van der Waals surface area contributed by atoms with E-state index < -0.39 is 11.8 Å². The van der Waals surface area contributed by atoms with Crippen LogP contribution in [0, 0.1) is 5.82 Å². The second-order valence-corrected chi connectivity index (χ2v) is 3.05. The molecule has 1 N–H and O–H groups in total. The molecule has 14 heavy (non-hydrogen) atoms. The Kier molecular flexibility index (Phi) is 4.82. The van der Waals surface area contributed by atoms with Gasteiger partial charge < -0.3 is 5.11 Å². The van der Waals surface area contributed by atoms with E-state index in [2.05, 4.69) is 4.98 Å². The SMILES string of the molecule is CC(C)c1cncc(F)c1C(=O)O.[LiH]. The number of hydrogen-bond acceptors (Lipinski definition) is 2. The molecule has 1 aromatic rings. The quantitative estimate of drug-likeness (QED) is 0.718. The minimum atomic E-state index is -1.25. The molecule has 72 valence electrons. The van der Waals surface area contributed by atoms with Gasteiger partial charge in [-0.2, -0.15) is 0 Å². The molecule has 0 aliphatic rings. The van der Waals surface area contributed by atoms with Crippen molar-refractivity contribution in [3.05, 3.63) is 29.3 Å². The van der Waals surface area contributed by atoms with Crippen LogP contribution in [0.5, 0.6) is 0 Å². The van der Waals surface area contributed by atoms with Gasteiger partial charge in [-0.25, -0.2) is 9.18 Å². The van der Waals surface area contributed by atoms with Crippen LogP contribution in [-0.4, -0.2) is 34.9 Å². The van der Waals surface area contributed by atoms with Gasteiger partial charge in [-0.05, 0) is 11.5 Å². The summed E-state index contributed by atoms with van der Waals surface area (Å²) in [5, 5.41) is 8.73. The molecule has 1 rings (SSSR count). The van der Waals surface area contributed by atoms with Crippen molar-refractivity contribution in [2.24, 2.45) is 0 Å². The molecule has 0 spiro atoms. The maximum absolute atomic E-state index is 13.0. The summed E-state index contributed by atoms with van der Waals surface area (Å²) < 4.78 is 13.0. The first kappa shape index (κ1) is 13.1. The van der Waals surface area contributed by atoms with E-state index in [0.717, 1.165) is 6.20 Å². The van der Waals surface area contributed by atoms with Gasteiger partial charge in [-0.1, -0.05) is 13.8 Å². The molecule has 0 saturated carbocycles. The molecule has 5 heteroatoms. The first-order valence-corrected chi connectivity index (χ1v) is 3.90. The third-order valence-corrected chi connectivity index (χ3v) is 1.76. The van der Waals surface area contributed by atoms with Crippen molar-refractivity contribution in [2.75, 3.05) is 0 Å². The van der Waals surface area contributed by atoms with Crippen LogP contribution >= 0.6 is 0 Å². The molecular formula is C9H11FLiNO2. The Morgan fingerprint density at radius 1 is 1.50 bits per heavy atom. The fourth-order valence-corrected chi connectivity index (χ4v) is 1.11. The predicted octanol–water partition coefficient (Wildman–Crippen LogP) is 1.39. The zero-order chi connectivity index (χ0) is 10.0. The predicted molar refractivity (Wildman–Crippen MR) is 52.4 cm³/mol. The van der Waals surface area contributed by atoms with Gasteiger partial charge in [0.05, 0.1) is 6.20 Å². The van der Waals surface area contributed by atoms with Gasteiger partial charge in [0.1, 0.15) is 5.56 Å². The molecule has 0 radical (unpaired) electrons. The van der Waals surface area contributed by atoms with Gasteiger partial charge in [0, 0.05) is 6.20 Å². The van der Waals surface area contributed by atoms with E-state index in [9.17, 15) is 9.18 Å². The van der Waals surface area contributed by atoms with E-state index in [0.29, 0.717) is 5.56 Å². The average molecular weight is 191 g/mol. The fraction of sp³-hybridized carbons (Fsp3) is 0.333. The molecule has 0 unspecified atom stereocenters. The average Bonchev–Trinajstić information content (AvgIpc) is 2.02. The topological polar surface area (TPSA) is 50.2 Å². The maximum atomic E-state index is 13.0. The van der Waals surface area contributed by atoms with Crippen molar-refractivity contribution in [2.45, 2.75) is 19.8 Å². The zero-order valence-electron chi connectivity index (χ0n) is 7.41. The fourth-order valence-electron chi connectivity index (χ4n) is 1.11. The summed E-state index contributed by atoms with van der Waals surface area (Å²) in [4.78, 5) is 14.3. The second-order valence-electron chi connectivity index (χ2n) is 3.05. The summed E-state index contributed by atoms with van der Waals surface area (Å²) in [5.41, 5.74) is 0.150. The molecule has 1 heterocycles. The summed E-state index contributed by atoms with van der Waals surface area (Å²) >= 11 is 0. The summed E-state index contributed by atoms with van der Waals surface area (Å²) in [6.07, 6.45) is 2.30. The number of carboxylic acids is 1. The second kappa shape index (κ2) is 5.13. The Hall–Kier alpha value is -0.853. The van der Waals surface area contributed by atoms with Crippen LogP contribution in [0.2, 0.25) is 0 Å². The van der Waals surface area contributed by atoms with Gasteiger partial charge in [0.2, 0.25) is 0 Å². The molecule has 0 atom stereocenters. The van der Waals surface area contributed by atoms with Crippen LogP contribution in [0.1, 0.15) is 35.7 Å². The van der Waals surface area contributed by atoms with Gasteiger partial charge in [-0.3, -0.25) is 4.98 Å². The van der Waals surface area contributed by atoms with Gasteiger partial charge in [0.25, 0.3) is 0 Å². The van der Waals surface area contributed by atoms with E-state index in [-0.39, 0.29) is 30.3 Å². The molecule has 0 saturated heterocycles. The first-order chi connectivity index (χ1) is 6.04. The zero-order valence-corrected chi connectivity index (χ0v) is 7.41. The molecule has 0 aliphatic heterocycles. The molecule has 0 amide bonds. The van der Waals surface area contributed by atoms with Crippen LogP contribution in [0.4, 0.5) is 4.39 Å². The summed E-state index contributed by atoms with van der Waals surface area (Å²) in [5.74, 6) is -2.07. The molecule has 3 nitrogen and oxygen atoms in total. The van der Waals surface area contributed by atoms with Gasteiger partial charge in [0.15, 0.2) is 5.82 Å². The standard InChI is InChI=1S/C9H10FNO2.Li.H/c1-5(2)6-3-11-4-7(10)8(6)9(12)13;;/h3-5H,1-2H3,(H,12,13);;. The number of hydrogen-bond donors (Lipinski definition) is 1. The number of aromatic carboxylic acids is 1. The third kappa shape index (κ3) is 2.57. The monoisotopic (exact) mass is 191 g/mol. The number of carbonyl (C=O) groups is 1. The summed E-state index contributed by atoms with van der Waals surface area (Å²) in [6.45, 7) is 3.59. The van der Waals surface area contributed by atoms with Crippen LogP contribution in [0.15, 0.2) is 12.4 Å². The van der Waals surface area contributed by atoms with Gasteiger partial charge in [-0.15, -0.1) is 0 Å². The number of carboxylic acid groups (broad SMARTS) is 1. The van der Waals surface area contributed by atoms with E-state index in [4.69, 9.17) is 5.11 Å². The minimum absolute atomic E-state index is 0. The molecule has 0 aliphatic carbocycles. The Morgan fingerprint density at radius 3 is 2.43 bits per heavy atom. The van der Waals surface area contributed by atoms with Crippen molar-refractivity contribution in [3.63, 3.8) is 0 Å². The number of halogens is 1. The first-order valence-electron chi connectivity index (χ1n) is 3.90. The Bertz CT molecular complexity index is 342.